The van der Waals surface area contributed by atoms with Crippen LogP contribution < -0.4 is 15.3 Å². The van der Waals surface area contributed by atoms with Gasteiger partial charge >= 0.3 is 38.2 Å². The van der Waals surface area contributed by atoms with Crippen molar-refractivity contribution in [3.63, 3.8) is 0 Å². The smallest absolute Gasteiger partial charge is 0.876 e. The Morgan fingerprint density at radius 3 is 0.640 bits per heavy atom. The Kier molecular flexibility index (Phi) is 48.4. The van der Waals surface area contributed by atoms with Crippen LogP contribution in [0.3, 0.4) is 0 Å². The summed E-state index contributed by atoms with van der Waals surface area (Å²) in [4.78, 5) is 29.9. The number of carbonyl (C=O) groups excluding carboxylic acids is 3. The van der Waals surface area contributed by atoms with Gasteiger partial charge in [-0.25, -0.2) is 0 Å². The molecule has 0 aliphatic heterocycles. The molecule has 0 aliphatic carbocycles. The molecule has 1 radical (unpaired) electrons. The normalized spacial score (nSPS) is 9.60. The van der Waals surface area contributed by atoms with Crippen LogP contribution >= 0.6 is 0 Å². The van der Waals surface area contributed by atoms with Crippen LogP contribution in [-0.4, -0.2) is 33.8 Å². The van der Waals surface area contributed by atoms with Crippen molar-refractivity contribution >= 4 is 17.3 Å². The van der Waals surface area contributed by atoms with Gasteiger partial charge < -0.3 is 31.7 Å². The van der Waals surface area contributed by atoms with Crippen LogP contribution in [0.5, 0.6) is 0 Å². The molecule has 0 fully saturated rings. The predicted octanol–water partition coefficient (Wildman–Crippen LogP) is -2.96. The van der Waals surface area contributed by atoms with Gasteiger partial charge in [-0.05, 0) is 39.0 Å². The van der Waals surface area contributed by atoms with Crippen LogP contribution in [0.4, 0.5) is 0 Å². The second-order valence-corrected chi connectivity index (χ2v) is 4.10. The maximum absolute atomic E-state index is 9.98. The summed E-state index contributed by atoms with van der Waals surface area (Å²) in [6.45, 7) is 8.09. The van der Waals surface area contributed by atoms with Crippen molar-refractivity contribution in [2.24, 2.45) is 0 Å². The summed E-state index contributed by atoms with van der Waals surface area (Å²) in [5.74, 6) is -1.12. The number of hydrogen-bond donors (Lipinski definition) is 0. The van der Waals surface area contributed by atoms with Gasteiger partial charge in [-0.1, -0.05) is 20.8 Å². The van der Waals surface area contributed by atoms with Crippen molar-refractivity contribution in [3.8, 4) is 0 Å². The molecule has 0 unspecified atom stereocenters. The molecule has 0 bridgehead atoms. The third-order valence-corrected chi connectivity index (χ3v) is 1.22. The Morgan fingerprint density at radius 2 is 0.640 bits per heavy atom. The number of rotatable bonds is 3. The van der Waals surface area contributed by atoms with Gasteiger partial charge in [-0.15, -0.1) is 17.3 Å². The molecule has 0 aromatic carbocycles. The topological polar surface area (TPSA) is 215 Å². The minimum atomic E-state index is -0.187. The Labute approximate surface area is 178 Å². The van der Waals surface area contributed by atoms with Crippen LogP contribution in [-0.2, 0) is 14.4 Å². The molecule has 0 aromatic rings. The zero-order valence-electron chi connectivity index (χ0n) is 15.0. The summed E-state index contributed by atoms with van der Waals surface area (Å²) >= 11 is 0. The first kappa shape index (κ1) is 43.8. The first-order valence-electron chi connectivity index (χ1n) is 5.96. The standard InChI is InChI=1S/3C5H8O2.Dy.3H2O/c3*1-4(6)3-5(2)7;;;;/h3*3,6H,1-2H3;;3*1H2/q;;;+3;;;/p-3/b3*4-3-;;;;. The van der Waals surface area contributed by atoms with Gasteiger partial charge in [-0.3, -0.25) is 14.4 Å². The largest absolute Gasteiger partial charge is 3.00 e. The summed E-state index contributed by atoms with van der Waals surface area (Å²) < 4.78 is 0. The van der Waals surface area contributed by atoms with Crippen molar-refractivity contribution in [2.45, 2.75) is 41.5 Å². The summed E-state index contributed by atoms with van der Waals surface area (Å²) in [6.07, 6.45) is 3.17. The number of hydrogen-bond acceptors (Lipinski definition) is 6. The van der Waals surface area contributed by atoms with Gasteiger partial charge in [0, 0.05) is 0 Å². The fourth-order valence-corrected chi connectivity index (χ4v) is 0.859. The average molecular weight is 514 g/mol. The van der Waals surface area contributed by atoms with E-state index in [0.717, 1.165) is 18.2 Å². The Hall–Kier alpha value is -1.22. The first-order valence-corrected chi connectivity index (χ1v) is 5.96. The second kappa shape index (κ2) is 27.6. The molecule has 9 nitrogen and oxygen atoms in total. The first-order chi connectivity index (χ1) is 9.38. The maximum atomic E-state index is 9.98. The van der Waals surface area contributed by atoms with Crippen molar-refractivity contribution in [1.29, 1.82) is 0 Å². The summed E-state index contributed by atoms with van der Waals surface area (Å²) in [5.41, 5.74) is 0. The van der Waals surface area contributed by atoms with E-state index >= 15 is 0 Å². The van der Waals surface area contributed by atoms with E-state index in [4.69, 9.17) is 0 Å². The van der Waals surface area contributed by atoms with Crippen LogP contribution in [0.25, 0.3) is 0 Å². The number of carbonyl (C=O) groups is 3. The Bertz CT molecular complexity index is 373. The zero-order valence-corrected chi connectivity index (χ0v) is 17.0. The third-order valence-electron chi connectivity index (χ3n) is 1.22. The van der Waals surface area contributed by atoms with E-state index in [1.54, 1.807) is 0 Å². The van der Waals surface area contributed by atoms with Crippen LogP contribution in [0.1, 0.15) is 41.5 Å². The summed E-state index contributed by atoms with van der Waals surface area (Å²) in [5, 5.41) is 29.9. The third kappa shape index (κ3) is 84.6. The second-order valence-electron chi connectivity index (χ2n) is 4.10. The Balaban J connectivity index is -0.0000000360. The van der Waals surface area contributed by atoms with Crippen molar-refractivity contribution in [2.75, 3.05) is 0 Å². The van der Waals surface area contributed by atoms with E-state index in [2.05, 4.69) is 0 Å². The molecule has 0 aliphatic rings. The summed E-state index contributed by atoms with van der Waals surface area (Å²) in [6, 6.07) is 0. The quantitative estimate of drug-likeness (QED) is 0.283. The molecule has 0 rings (SSSR count). The fraction of sp³-hybridized carbons (Fsp3) is 0.400. The van der Waals surface area contributed by atoms with E-state index in [1.807, 2.05) is 0 Å². The number of allylic oxidation sites excluding steroid dienone is 6. The van der Waals surface area contributed by atoms with Gasteiger partial charge in [0.25, 0.3) is 0 Å². The average Bonchev–Trinajstić information content (AvgIpc) is 2.10. The maximum Gasteiger partial charge on any atom is 3.00 e. The molecule has 0 atom stereocenters. The molecular weight excluding hydrogens is 487 g/mol. The molecule has 0 saturated carbocycles. The fourth-order valence-electron chi connectivity index (χ4n) is 0.859. The van der Waals surface area contributed by atoms with Crippen LogP contribution in [0.2, 0.25) is 0 Å². The molecule has 6 N–H and O–H groups in total. The van der Waals surface area contributed by atoms with Gasteiger partial charge in [-0.2, -0.15) is 0 Å². The van der Waals surface area contributed by atoms with E-state index < -0.39 is 0 Å². The molecular formula is C15H27DyO9. The molecule has 10 heteroatoms. The number of ketones is 3. The van der Waals surface area contributed by atoms with E-state index in [9.17, 15) is 29.7 Å². The molecule has 151 valence electrons. The molecule has 0 spiro atoms. The Morgan fingerprint density at radius 1 is 0.520 bits per heavy atom. The van der Waals surface area contributed by atoms with Gasteiger partial charge in [0.15, 0.2) is 17.3 Å². The molecule has 0 amide bonds. The molecule has 25 heavy (non-hydrogen) atoms. The summed E-state index contributed by atoms with van der Waals surface area (Å²) in [7, 11) is 0. The SMILES string of the molecule is CC(=O)/C=C(/C)[O-].CC(=O)/C=C(/C)[O-].CC(=O)/C=C(/C)[O-].O.O.O.[Dy+3]. The van der Waals surface area contributed by atoms with Gasteiger partial charge in [0.2, 0.25) is 0 Å². The molecule has 0 saturated heterocycles. The predicted molar refractivity (Wildman–Crippen MR) is 84.2 cm³/mol. The molecule has 0 aromatic heterocycles. The van der Waals surface area contributed by atoms with E-state index in [-0.39, 0.29) is 89.2 Å². The minimum absolute atomic E-state index is 0. The minimum Gasteiger partial charge on any atom is -0.876 e. The van der Waals surface area contributed by atoms with Gasteiger partial charge in [0.1, 0.15) is 0 Å². The van der Waals surface area contributed by atoms with Crippen LogP contribution in [0.15, 0.2) is 35.5 Å². The van der Waals surface area contributed by atoms with Gasteiger partial charge in [0.05, 0.1) is 0 Å². The van der Waals surface area contributed by atoms with E-state index in [1.165, 1.54) is 41.5 Å². The van der Waals surface area contributed by atoms with Crippen molar-refractivity contribution < 1.29 is 84.3 Å². The monoisotopic (exact) mass is 515 g/mol. The van der Waals surface area contributed by atoms with Crippen molar-refractivity contribution in [1.82, 2.24) is 0 Å². The molecule has 0 heterocycles. The van der Waals surface area contributed by atoms with Crippen LogP contribution in [0, 0.1) is 38.2 Å². The zero-order chi connectivity index (χ0) is 17.6. The van der Waals surface area contributed by atoms with E-state index in [0.29, 0.717) is 0 Å². The van der Waals surface area contributed by atoms with Crippen molar-refractivity contribution in [3.05, 3.63) is 35.5 Å².